The van der Waals surface area contributed by atoms with Crippen molar-refractivity contribution in [3.63, 3.8) is 0 Å². The van der Waals surface area contributed by atoms with E-state index in [-0.39, 0.29) is 16.6 Å². The highest BCUT2D eigenvalue weighted by atomic mass is 35.5. The Morgan fingerprint density at radius 3 is 2.83 bits per heavy atom. The molecule has 0 fully saturated rings. The van der Waals surface area contributed by atoms with Crippen molar-refractivity contribution in [1.82, 2.24) is 9.78 Å². The van der Waals surface area contributed by atoms with Crippen molar-refractivity contribution in [3.05, 3.63) is 26.6 Å². The summed E-state index contributed by atoms with van der Waals surface area (Å²) >= 11 is 11.0. The molecule has 0 radical (unpaired) electrons. The van der Waals surface area contributed by atoms with Gasteiger partial charge in [0.15, 0.2) is 0 Å². The number of hydrogen-bond acceptors (Lipinski definition) is 2. The minimum absolute atomic E-state index is 0.0803. The van der Waals surface area contributed by atoms with Gasteiger partial charge in [0.1, 0.15) is 11.7 Å². The first-order valence-electron chi connectivity index (χ1n) is 3.14. The van der Waals surface area contributed by atoms with Crippen LogP contribution >= 0.6 is 23.2 Å². The van der Waals surface area contributed by atoms with E-state index in [0.717, 1.165) is 4.68 Å². The quantitative estimate of drug-likeness (QED) is 0.743. The summed E-state index contributed by atoms with van der Waals surface area (Å²) in [4.78, 5) is 11.1. The zero-order valence-corrected chi connectivity index (χ0v) is 7.44. The number of nitrogens with zero attached hydrogens (tertiary/aromatic N) is 2. The molecule has 0 aliphatic carbocycles. The van der Waals surface area contributed by atoms with Gasteiger partial charge in [-0.05, 0) is 0 Å². The molecule has 1 rings (SSSR count). The number of alkyl halides is 1. The van der Waals surface area contributed by atoms with E-state index in [4.69, 9.17) is 23.2 Å². The van der Waals surface area contributed by atoms with E-state index in [9.17, 15) is 9.18 Å². The highest BCUT2D eigenvalue weighted by Crippen LogP contribution is 2.14. The van der Waals surface area contributed by atoms with Gasteiger partial charge in [-0.15, -0.1) is 0 Å². The van der Waals surface area contributed by atoms with Crippen LogP contribution in [0.1, 0.15) is 0 Å². The van der Waals surface area contributed by atoms with Gasteiger partial charge in [0.05, 0.1) is 17.8 Å². The second kappa shape index (κ2) is 3.87. The van der Waals surface area contributed by atoms with Gasteiger partial charge in [-0.3, -0.25) is 4.79 Å². The van der Waals surface area contributed by atoms with Gasteiger partial charge in [0.25, 0.3) is 5.56 Å². The molecule has 0 amide bonds. The maximum atomic E-state index is 11.8. The zero-order valence-electron chi connectivity index (χ0n) is 5.93. The minimum atomic E-state index is -0.662. The summed E-state index contributed by atoms with van der Waals surface area (Å²) in [7, 11) is 0. The molecule has 0 aliphatic rings. The summed E-state index contributed by atoms with van der Waals surface area (Å²) in [6.45, 7) is -0.763. The minimum Gasteiger partial charge on any atom is -0.266 e. The first-order chi connectivity index (χ1) is 5.66. The van der Waals surface area contributed by atoms with E-state index in [0.29, 0.717) is 0 Å². The van der Waals surface area contributed by atoms with Crippen molar-refractivity contribution < 1.29 is 4.39 Å². The molecule has 0 unspecified atom stereocenters. The normalized spacial score (nSPS) is 10.2. The van der Waals surface area contributed by atoms with E-state index in [1.54, 1.807) is 0 Å². The number of halogens is 3. The van der Waals surface area contributed by atoms with Gasteiger partial charge in [0, 0.05) is 0 Å². The molecule has 6 heteroatoms. The lowest BCUT2D eigenvalue weighted by Crippen LogP contribution is -2.23. The van der Waals surface area contributed by atoms with Crippen molar-refractivity contribution in [2.75, 3.05) is 6.67 Å². The average Bonchev–Trinajstić information content (AvgIpc) is 2.07. The molecule has 0 saturated heterocycles. The van der Waals surface area contributed by atoms with Crippen molar-refractivity contribution in [3.8, 4) is 0 Å². The third-order valence-corrected chi connectivity index (χ3v) is 1.99. The molecule has 1 aromatic heterocycles. The summed E-state index contributed by atoms with van der Waals surface area (Å²) in [6, 6.07) is 0. The number of aromatic nitrogens is 2. The molecule has 1 heterocycles. The smallest absolute Gasteiger partial charge is 0.266 e. The third kappa shape index (κ3) is 1.76. The van der Waals surface area contributed by atoms with Gasteiger partial charge < -0.3 is 0 Å². The Labute approximate surface area is 77.7 Å². The molecule has 0 saturated carbocycles. The average molecular weight is 211 g/mol. The van der Waals surface area contributed by atoms with Crippen LogP contribution in [-0.4, -0.2) is 16.5 Å². The first-order valence-corrected chi connectivity index (χ1v) is 3.89. The van der Waals surface area contributed by atoms with Crippen molar-refractivity contribution >= 4 is 23.2 Å². The Morgan fingerprint density at radius 1 is 1.58 bits per heavy atom. The summed E-state index contributed by atoms with van der Waals surface area (Å²) in [6.07, 6.45) is 1.21. The van der Waals surface area contributed by atoms with E-state index in [2.05, 4.69) is 5.10 Å². The molecule has 12 heavy (non-hydrogen) atoms. The second-order valence-corrected chi connectivity index (χ2v) is 2.81. The van der Waals surface area contributed by atoms with Gasteiger partial charge in [-0.2, -0.15) is 5.10 Å². The molecule has 0 N–H and O–H groups in total. The summed E-state index contributed by atoms with van der Waals surface area (Å²) in [5.41, 5.74) is -0.568. The lowest BCUT2D eigenvalue weighted by atomic mass is 10.5. The second-order valence-electron chi connectivity index (χ2n) is 2.02. The summed E-state index contributed by atoms with van der Waals surface area (Å²) in [5, 5.41) is 3.53. The molecule has 0 spiro atoms. The highest BCUT2D eigenvalue weighted by molar-refractivity contribution is 6.41. The molecule has 0 aromatic carbocycles. The van der Waals surface area contributed by atoms with Gasteiger partial charge in [-0.25, -0.2) is 9.07 Å². The fourth-order valence-corrected chi connectivity index (χ4v) is 0.955. The first kappa shape index (κ1) is 9.48. The molecular weight excluding hydrogens is 206 g/mol. The van der Waals surface area contributed by atoms with Crippen LogP contribution in [0, 0.1) is 0 Å². The fraction of sp³-hybridized carbons (Fsp3) is 0.333. The Kier molecular flexibility index (Phi) is 3.05. The van der Waals surface area contributed by atoms with Crippen LogP contribution in [0.4, 0.5) is 4.39 Å². The van der Waals surface area contributed by atoms with Gasteiger partial charge >= 0.3 is 0 Å². The van der Waals surface area contributed by atoms with E-state index in [1.807, 2.05) is 0 Å². The van der Waals surface area contributed by atoms with Crippen LogP contribution in [0.25, 0.3) is 0 Å². The number of hydrogen-bond donors (Lipinski definition) is 0. The Morgan fingerprint density at radius 2 is 2.25 bits per heavy atom. The molecule has 3 nitrogen and oxygen atoms in total. The SMILES string of the molecule is O=c1c(Cl)c(Cl)cnn1CCF. The summed E-state index contributed by atoms with van der Waals surface area (Å²) < 4.78 is 12.7. The Bertz CT molecular complexity index is 339. The Balaban J connectivity index is 3.18. The van der Waals surface area contributed by atoms with Crippen LogP contribution in [0.5, 0.6) is 0 Å². The van der Waals surface area contributed by atoms with E-state index in [1.165, 1.54) is 6.20 Å². The number of aryl methyl sites for hydroxylation is 1. The van der Waals surface area contributed by atoms with Crippen molar-refractivity contribution in [2.45, 2.75) is 6.54 Å². The fourth-order valence-electron chi connectivity index (χ4n) is 0.684. The predicted molar refractivity (Wildman–Crippen MR) is 44.5 cm³/mol. The van der Waals surface area contributed by atoms with E-state index < -0.39 is 12.2 Å². The van der Waals surface area contributed by atoms with Gasteiger partial charge in [-0.1, -0.05) is 23.2 Å². The van der Waals surface area contributed by atoms with Crippen LogP contribution in [0.2, 0.25) is 10.0 Å². The topological polar surface area (TPSA) is 34.9 Å². The molecule has 0 bridgehead atoms. The largest absolute Gasteiger partial charge is 0.287 e. The third-order valence-electron chi connectivity index (χ3n) is 1.24. The van der Waals surface area contributed by atoms with Crippen molar-refractivity contribution in [2.24, 2.45) is 0 Å². The maximum absolute atomic E-state index is 11.8. The van der Waals surface area contributed by atoms with E-state index >= 15 is 0 Å². The lowest BCUT2D eigenvalue weighted by molar-refractivity contribution is 0.417. The summed E-state index contributed by atoms with van der Waals surface area (Å²) in [5.74, 6) is 0. The van der Waals surface area contributed by atoms with Gasteiger partial charge in [0.2, 0.25) is 0 Å². The standard InChI is InChI=1S/C6H5Cl2FN2O/c7-4-3-10-11(2-1-9)6(12)5(4)8/h3H,1-2H2. The molecule has 1 aromatic rings. The molecule has 0 atom stereocenters. The lowest BCUT2D eigenvalue weighted by Gasteiger charge is -2.01. The van der Waals surface area contributed by atoms with Crippen LogP contribution in [0.15, 0.2) is 11.0 Å². The molecule has 66 valence electrons. The highest BCUT2D eigenvalue weighted by Gasteiger charge is 2.06. The maximum Gasteiger partial charge on any atom is 0.287 e. The van der Waals surface area contributed by atoms with Crippen molar-refractivity contribution in [1.29, 1.82) is 0 Å². The molecule has 0 aliphatic heterocycles. The molecular formula is C6H5Cl2FN2O. The zero-order chi connectivity index (χ0) is 9.14. The monoisotopic (exact) mass is 210 g/mol. The van der Waals surface area contributed by atoms with Crippen LogP contribution in [0.3, 0.4) is 0 Å². The van der Waals surface area contributed by atoms with Crippen LogP contribution in [-0.2, 0) is 6.54 Å². The van der Waals surface area contributed by atoms with Crippen LogP contribution < -0.4 is 5.56 Å². The predicted octanol–water partition coefficient (Wildman–Crippen LogP) is 1.52. The Hall–Kier alpha value is -0.610. The number of rotatable bonds is 2.